The van der Waals surface area contributed by atoms with Crippen molar-refractivity contribution in [3.05, 3.63) is 39.3 Å². The molecule has 0 fully saturated rings. The van der Waals surface area contributed by atoms with Crippen molar-refractivity contribution in [3.8, 4) is 5.75 Å². The Morgan fingerprint density at radius 1 is 1.48 bits per heavy atom. The lowest BCUT2D eigenvalue weighted by Gasteiger charge is -2.11. The highest BCUT2D eigenvalue weighted by molar-refractivity contribution is 7.11. The van der Waals surface area contributed by atoms with Crippen LogP contribution in [0.5, 0.6) is 5.75 Å². The van der Waals surface area contributed by atoms with E-state index in [1.807, 2.05) is 13.1 Å². The van der Waals surface area contributed by atoms with Crippen LogP contribution in [0.15, 0.2) is 24.4 Å². The molecule has 0 unspecified atom stereocenters. The second kappa shape index (κ2) is 7.28. The molecule has 0 spiro atoms. The SMILES string of the molecule is COc1c(Cl)cccc1NC(=O)NCCc1ncc(C)s1. The summed E-state index contributed by atoms with van der Waals surface area (Å²) in [6.45, 7) is 2.52. The van der Waals surface area contributed by atoms with Gasteiger partial charge in [-0.15, -0.1) is 11.3 Å². The molecule has 0 saturated heterocycles. The third-order valence-electron chi connectivity index (χ3n) is 2.71. The molecule has 0 bridgehead atoms. The molecule has 2 amide bonds. The molecule has 0 aliphatic heterocycles. The first-order valence-corrected chi connectivity index (χ1v) is 7.58. The number of hydrogen-bond acceptors (Lipinski definition) is 4. The lowest BCUT2D eigenvalue weighted by atomic mass is 10.3. The van der Waals surface area contributed by atoms with Crippen LogP contribution in [0.3, 0.4) is 0 Å². The predicted octanol–water partition coefficient (Wildman–Crippen LogP) is 3.48. The number of aromatic nitrogens is 1. The average molecular weight is 326 g/mol. The summed E-state index contributed by atoms with van der Waals surface area (Å²) in [5.74, 6) is 0.449. The van der Waals surface area contributed by atoms with Crippen LogP contribution in [0.2, 0.25) is 5.02 Å². The molecule has 2 N–H and O–H groups in total. The molecule has 0 radical (unpaired) electrons. The molecular weight excluding hydrogens is 310 g/mol. The Balaban J connectivity index is 1.86. The van der Waals surface area contributed by atoms with Crippen LogP contribution in [0, 0.1) is 6.92 Å². The highest BCUT2D eigenvalue weighted by Gasteiger charge is 2.10. The summed E-state index contributed by atoms with van der Waals surface area (Å²) in [6.07, 6.45) is 2.54. The number of ether oxygens (including phenoxy) is 1. The van der Waals surface area contributed by atoms with Crippen LogP contribution >= 0.6 is 22.9 Å². The Bertz CT molecular complexity index is 630. The van der Waals surface area contributed by atoms with Gasteiger partial charge in [-0.25, -0.2) is 9.78 Å². The number of nitrogens with one attached hydrogen (secondary N) is 2. The smallest absolute Gasteiger partial charge is 0.319 e. The van der Waals surface area contributed by atoms with Crippen molar-refractivity contribution in [1.29, 1.82) is 0 Å². The largest absolute Gasteiger partial charge is 0.493 e. The van der Waals surface area contributed by atoms with E-state index in [-0.39, 0.29) is 6.03 Å². The Hall–Kier alpha value is -1.79. The van der Waals surface area contributed by atoms with Crippen molar-refractivity contribution in [1.82, 2.24) is 10.3 Å². The van der Waals surface area contributed by atoms with Crippen molar-refractivity contribution >= 4 is 34.7 Å². The van der Waals surface area contributed by atoms with Crippen LogP contribution in [-0.4, -0.2) is 24.7 Å². The first-order valence-electron chi connectivity index (χ1n) is 6.39. The van der Waals surface area contributed by atoms with Crippen molar-refractivity contribution in [2.24, 2.45) is 0 Å². The van der Waals surface area contributed by atoms with Gasteiger partial charge >= 0.3 is 6.03 Å². The third kappa shape index (κ3) is 4.34. The van der Waals surface area contributed by atoms with E-state index in [4.69, 9.17) is 16.3 Å². The van der Waals surface area contributed by atoms with E-state index < -0.39 is 0 Å². The number of thiazole rings is 1. The van der Waals surface area contributed by atoms with E-state index in [1.165, 1.54) is 7.11 Å². The first kappa shape index (κ1) is 15.6. The topological polar surface area (TPSA) is 63.2 Å². The van der Waals surface area contributed by atoms with Gasteiger partial charge in [0.2, 0.25) is 0 Å². The van der Waals surface area contributed by atoms with Crippen LogP contribution in [0.4, 0.5) is 10.5 Å². The molecule has 0 aliphatic carbocycles. The monoisotopic (exact) mass is 325 g/mol. The Morgan fingerprint density at radius 3 is 2.95 bits per heavy atom. The maximum atomic E-state index is 11.8. The molecular formula is C14H16ClN3O2S. The molecule has 7 heteroatoms. The number of carbonyl (C=O) groups excluding carboxylic acids is 1. The second-order valence-corrected chi connectivity index (χ2v) is 6.04. The van der Waals surface area contributed by atoms with Gasteiger partial charge in [0.05, 0.1) is 22.8 Å². The molecule has 21 heavy (non-hydrogen) atoms. The number of rotatable bonds is 5. The molecule has 1 heterocycles. The summed E-state index contributed by atoms with van der Waals surface area (Å²) in [7, 11) is 1.51. The Morgan fingerprint density at radius 2 is 2.29 bits per heavy atom. The minimum absolute atomic E-state index is 0.302. The molecule has 112 valence electrons. The van der Waals surface area contributed by atoms with Gasteiger partial charge in [0.1, 0.15) is 0 Å². The number of methoxy groups -OCH3 is 1. The Labute approximate surface area is 132 Å². The molecule has 1 aromatic carbocycles. The van der Waals surface area contributed by atoms with Crippen LogP contribution in [0.1, 0.15) is 9.88 Å². The fourth-order valence-electron chi connectivity index (χ4n) is 1.78. The van der Waals surface area contributed by atoms with E-state index in [9.17, 15) is 4.79 Å². The maximum Gasteiger partial charge on any atom is 0.319 e. The van der Waals surface area contributed by atoms with Gasteiger partial charge in [0.25, 0.3) is 0 Å². The van der Waals surface area contributed by atoms with Crippen LogP contribution in [-0.2, 0) is 6.42 Å². The molecule has 0 atom stereocenters. The van der Waals surface area contributed by atoms with Crippen LogP contribution in [0.25, 0.3) is 0 Å². The van der Waals surface area contributed by atoms with Crippen molar-refractivity contribution < 1.29 is 9.53 Å². The quantitative estimate of drug-likeness (QED) is 0.884. The van der Waals surface area contributed by atoms with Gasteiger partial charge in [-0.1, -0.05) is 17.7 Å². The van der Waals surface area contributed by atoms with Gasteiger partial charge in [-0.05, 0) is 19.1 Å². The van der Waals surface area contributed by atoms with E-state index in [0.717, 1.165) is 9.88 Å². The van der Waals surface area contributed by atoms with E-state index in [2.05, 4.69) is 15.6 Å². The number of amides is 2. The number of nitrogens with zero attached hydrogens (tertiary/aromatic N) is 1. The zero-order valence-electron chi connectivity index (χ0n) is 11.8. The lowest BCUT2D eigenvalue weighted by Crippen LogP contribution is -2.30. The molecule has 2 rings (SSSR count). The summed E-state index contributed by atoms with van der Waals surface area (Å²) in [5, 5.41) is 6.95. The van der Waals surface area contributed by atoms with Crippen molar-refractivity contribution in [2.45, 2.75) is 13.3 Å². The minimum atomic E-state index is -0.302. The van der Waals surface area contributed by atoms with Gasteiger partial charge < -0.3 is 15.4 Å². The number of anilines is 1. The lowest BCUT2D eigenvalue weighted by molar-refractivity contribution is 0.252. The van der Waals surface area contributed by atoms with E-state index >= 15 is 0 Å². The van der Waals surface area contributed by atoms with Gasteiger partial charge in [-0.2, -0.15) is 0 Å². The van der Waals surface area contributed by atoms with E-state index in [0.29, 0.717) is 29.4 Å². The number of para-hydroxylation sites is 1. The standard InChI is InChI=1S/C14H16ClN3O2S/c1-9-8-17-12(21-9)6-7-16-14(19)18-11-5-3-4-10(15)13(11)20-2/h3-5,8H,6-7H2,1-2H3,(H2,16,18,19). The summed E-state index contributed by atoms with van der Waals surface area (Å²) in [6, 6.07) is 4.88. The Kier molecular flexibility index (Phi) is 5.41. The van der Waals surface area contributed by atoms with E-state index in [1.54, 1.807) is 29.5 Å². The number of urea groups is 1. The zero-order valence-corrected chi connectivity index (χ0v) is 13.3. The molecule has 0 saturated carbocycles. The fraction of sp³-hybridized carbons (Fsp3) is 0.286. The predicted molar refractivity (Wildman–Crippen MR) is 85.6 cm³/mol. The fourth-order valence-corrected chi connectivity index (χ4v) is 2.82. The average Bonchev–Trinajstić information content (AvgIpc) is 2.85. The number of benzene rings is 1. The normalized spacial score (nSPS) is 10.2. The van der Waals surface area contributed by atoms with Crippen molar-refractivity contribution in [2.75, 3.05) is 19.0 Å². The first-order chi connectivity index (χ1) is 10.1. The zero-order chi connectivity index (χ0) is 15.2. The second-order valence-electron chi connectivity index (χ2n) is 4.32. The summed E-state index contributed by atoms with van der Waals surface area (Å²) < 4.78 is 5.17. The van der Waals surface area contributed by atoms with Crippen molar-refractivity contribution in [3.63, 3.8) is 0 Å². The number of aryl methyl sites for hydroxylation is 1. The summed E-state index contributed by atoms with van der Waals surface area (Å²) in [4.78, 5) is 17.3. The highest BCUT2D eigenvalue weighted by Crippen LogP contribution is 2.32. The van der Waals surface area contributed by atoms with Gasteiger partial charge in [0.15, 0.2) is 5.75 Å². The number of carbonyl (C=O) groups is 1. The van der Waals surface area contributed by atoms with Crippen LogP contribution < -0.4 is 15.4 Å². The molecule has 5 nitrogen and oxygen atoms in total. The van der Waals surface area contributed by atoms with Gasteiger partial charge in [0, 0.05) is 24.0 Å². The summed E-state index contributed by atoms with van der Waals surface area (Å²) in [5.41, 5.74) is 0.535. The summed E-state index contributed by atoms with van der Waals surface area (Å²) >= 11 is 7.63. The third-order valence-corrected chi connectivity index (χ3v) is 3.98. The molecule has 1 aromatic heterocycles. The molecule has 0 aliphatic rings. The maximum absolute atomic E-state index is 11.8. The number of hydrogen-bond donors (Lipinski definition) is 2. The number of halogens is 1. The molecule has 2 aromatic rings. The highest BCUT2D eigenvalue weighted by atomic mass is 35.5. The van der Waals surface area contributed by atoms with Gasteiger partial charge in [-0.3, -0.25) is 0 Å². The minimum Gasteiger partial charge on any atom is -0.493 e.